The molecule has 0 unspecified atom stereocenters. The van der Waals surface area contributed by atoms with Crippen LogP contribution in [0.1, 0.15) is 25.0 Å². The number of benzene rings is 7. The standard InChI is InChI=1S/C41H31N/c1-41(2)39-18-9-8-16-37(39)38-25-21-30-27-33(24-26-36(30)40(38)41)42(31-13-4-3-5-14-31)32-22-19-29(20-23-32)35-17-10-12-28-11-6-7-15-34(28)35/h3-27H,1-2H3. The Morgan fingerprint density at radius 2 is 1.10 bits per heavy atom. The number of anilines is 3. The predicted molar refractivity (Wildman–Crippen MR) is 179 cm³/mol. The van der Waals surface area contributed by atoms with E-state index in [0.29, 0.717) is 0 Å². The van der Waals surface area contributed by atoms with E-state index in [1.54, 1.807) is 0 Å². The van der Waals surface area contributed by atoms with Gasteiger partial charge in [0.15, 0.2) is 0 Å². The zero-order valence-corrected chi connectivity index (χ0v) is 23.9. The molecule has 0 atom stereocenters. The van der Waals surface area contributed by atoms with Crippen LogP contribution in [0.3, 0.4) is 0 Å². The van der Waals surface area contributed by atoms with Gasteiger partial charge in [0.25, 0.3) is 0 Å². The summed E-state index contributed by atoms with van der Waals surface area (Å²) in [6.07, 6.45) is 0. The van der Waals surface area contributed by atoms with Crippen LogP contribution in [0.25, 0.3) is 43.8 Å². The zero-order chi connectivity index (χ0) is 28.3. The summed E-state index contributed by atoms with van der Waals surface area (Å²) >= 11 is 0. The Labute approximate surface area is 247 Å². The van der Waals surface area contributed by atoms with E-state index in [1.165, 1.54) is 54.9 Å². The maximum Gasteiger partial charge on any atom is 0.0468 e. The molecule has 0 bridgehead atoms. The average Bonchev–Trinajstić information content (AvgIpc) is 3.28. The Bertz CT molecular complexity index is 2100. The summed E-state index contributed by atoms with van der Waals surface area (Å²) in [6.45, 7) is 4.72. The minimum atomic E-state index is -0.0382. The first kappa shape index (κ1) is 24.6. The highest BCUT2D eigenvalue weighted by Gasteiger charge is 2.36. The van der Waals surface area contributed by atoms with Gasteiger partial charge in [0.05, 0.1) is 0 Å². The maximum atomic E-state index is 2.36. The van der Waals surface area contributed by atoms with E-state index >= 15 is 0 Å². The van der Waals surface area contributed by atoms with Gasteiger partial charge in [0.2, 0.25) is 0 Å². The van der Waals surface area contributed by atoms with E-state index in [-0.39, 0.29) is 5.41 Å². The molecule has 0 saturated heterocycles. The molecule has 0 aromatic heterocycles. The molecule has 0 amide bonds. The van der Waals surface area contributed by atoms with Crippen LogP contribution in [-0.4, -0.2) is 0 Å². The Kier molecular flexibility index (Phi) is 5.55. The fourth-order valence-electron chi connectivity index (χ4n) is 7.04. The average molecular weight is 538 g/mol. The molecule has 0 aliphatic heterocycles. The fourth-order valence-corrected chi connectivity index (χ4v) is 7.04. The van der Waals surface area contributed by atoms with Crippen molar-refractivity contribution in [2.45, 2.75) is 19.3 Å². The number of rotatable bonds is 4. The van der Waals surface area contributed by atoms with Crippen molar-refractivity contribution < 1.29 is 0 Å². The van der Waals surface area contributed by atoms with Gasteiger partial charge in [-0.1, -0.05) is 129 Å². The van der Waals surface area contributed by atoms with Crippen LogP contribution in [0.5, 0.6) is 0 Å². The largest absolute Gasteiger partial charge is 0.310 e. The lowest BCUT2D eigenvalue weighted by molar-refractivity contribution is 0.666. The molecule has 0 spiro atoms. The van der Waals surface area contributed by atoms with Crippen molar-refractivity contribution in [2.24, 2.45) is 0 Å². The zero-order valence-electron chi connectivity index (χ0n) is 23.9. The molecule has 1 heteroatoms. The molecule has 1 aliphatic carbocycles. The topological polar surface area (TPSA) is 3.24 Å². The molecular formula is C41H31N. The van der Waals surface area contributed by atoms with Crippen molar-refractivity contribution in [2.75, 3.05) is 4.90 Å². The van der Waals surface area contributed by atoms with Gasteiger partial charge in [-0.25, -0.2) is 0 Å². The summed E-state index contributed by atoms with van der Waals surface area (Å²) in [6, 6.07) is 55.3. The van der Waals surface area contributed by atoms with Crippen LogP contribution in [0.2, 0.25) is 0 Å². The minimum Gasteiger partial charge on any atom is -0.310 e. The molecule has 7 aromatic rings. The lowest BCUT2D eigenvalue weighted by Gasteiger charge is -2.27. The van der Waals surface area contributed by atoms with Crippen LogP contribution in [-0.2, 0) is 5.41 Å². The molecule has 42 heavy (non-hydrogen) atoms. The summed E-state index contributed by atoms with van der Waals surface area (Å²) in [5.74, 6) is 0. The van der Waals surface area contributed by atoms with Crippen LogP contribution >= 0.6 is 0 Å². The predicted octanol–water partition coefficient (Wildman–Crippen LogP) is 11.4. The molecule has 0 fully saturated rings. The number of para-hydroxylation sites is 1. The second-order valence-corrected chi connectivity index (χ2v) is 11.8. The van der Waals surface area contributed by atoms with Crippen molar-refractivity contribution in [1.82, 2.24) is 0 Å². The summed E-state index contributed by atoms with van der Waals surface area (Å²) in [5.41, 5.74) is 11.4. The highest BCUT2D eigenvalue weighted by Crippen LogP contribution is 2.51. The molecule has 7 aromatic carbocycles. The minimum absolute atomic E-state index is 0.0382. The van der Waals surface area contributed by atoms with E-state index in [0.717, 1.165) is 17.1 Å². The van der Waals surface area contributed by atoms with Gasteiger partial charge in [0, 0.05) is 22.5 Å². The second-order valence-electron chi connectivity index (χ2n) is 11.8. The second kappa shape index (κ2) is 9.46. The third kappa shape index (κ3) is 3.78. The number of hydrogen-bond donors (Lipinski definition) is 0. The van der Waals surface area contributed by atoms with Crippen molar-refractivity contribution in [3.63, 3.8) is 0 Å². The van der Waals surface area contributed by atoms with E-state index in [9.17, 15) is 0 Å². The normalized spacial score (nSPS) is 13.2. The Morgan fingerprint density at radius 3 is 1.95 bits per heavy atom. The van der Waals surface area contributed by atoms with Crippen molar-refractivity contribution in [1.29, 1.82) is 0 Å². The summed E-state index contributed by atoms with van der Waals surface area (Å²) in [4.78, 5) is 2.36. The molecule has 0 radical (unpaired) electrons. The first-order valence-corrected chi connectivity index (χ1v) is 14.7. The molecule has 0 saturated carbocycles. The molecule has 1 aliphatic rings. The van der Waals surface area contributed by atoms with Crippen molar-refractivity contribution >= 4 is 38.6 Å². The first-order valence-electron chi connectivity index (χ1n) is 14.7. The van der Waals surface area contributed by atoms with Gasteiger partial charge in [-0.3, -0.25) is 0 Å². The van der Waals surface area contributed by atoms with Gasteiger partial charge < -0.3 is 4.90 Å². The molecule has 1 nitrogen and oxygen atoms in total. The van der Waals surface area contributed by atoms with Gasteiger partial charge in [0.1, 0.15) is 0 Å². The van der Waals surface area contributed by atoms with Crippen molar-refractivity contribution in [3.8, 4) is 22.3 Å². The lowest BCUT2D eigenvalue weighted by atomic mass is 9.80. The Morgan fingerprint density at radius 1 is 0.429 bits per heavy atom. The van der Waals surface area contributed by atoms with Gasteiger partial charge in [-0.15, -0.1) is 0 Å². The van der Waals surface area contributed by atoms with E-state index in [4.69, 9.17) is 0 Å². The molecule has 0 N–H and O–H groups in total. The Hall–Kier alpha value is -5.14. The summed E-state index contributed by atoms with van der Waals surface area (Å²) in [5, 5.41) is 5.14. The number of fused-ring (bicyclic) bond motifs is 6. The van der Waals surface area contributed by atoms with Crippen LogP contribution in [0.15, 0.2) is 152 Å². The van der Waals surface area contributed by atoms with Crippen molar-refractivity contribution in [3.05, 3.63) is 163 Å². The monoisotopic (exact) mass is 537 g/mol. The van der Waals surface area contributed by atoms with E-state index in [1.807, 2.05) is 0 Å². The maximum absolute atomic E-state index is 2.36. The quantitative estimate of drug-likeness (QED) is 0.216. The molecule has 200 valence electrons. The highest BCUT2D eigenvalue weighted by molar-refractivity contribution is 6.00. The summed E-state index contributed by atoms with van der Waals surface area (Å²) in [7, 11) is 0. The molecule has 8 rings (SSSR count). The van der Waals surface area contributed by atoms with Gasteiger partial charge in [-0.05, 0) is 91.3 Å². The smallest absolute Gasteiger partial charge is 0.0468 e. The van der Waals surface area contributed by atoms with E-state index < -0.39 is 0 Å². The SMILES string of the molecule is CC1(C)c2ccccc2-c2ccc3cc(N(c4ccccc4)c4ccc(-c5cccc6ccccc56)cc4)ccc3c21. The van der Waals surface area contributed by atoms with Gasteiger partial charge in [-0.2, -0.15) is 0 Å². The lowest BCUT2D eigenvalue weighted by Crippen LogP contribution is -2.15. The van der Waals surface area contributed by atoms with E-state index in [2.05, 4.69) is 170 Å². The number of hydrogen-bond acceptors (Lipinski definition) is 1. The first-order chi connectivity index (χ1) is 20.6. The third-order valence-corrected chi connectivity index (χ3v) is 9.02. The summed E-state index contributed by atoms with van der Waals surface area (Å²) < 4.78 is 0. The van der Waals surface area contributed by atoms with Gasteiger partial charge >= 0.3 is 0 Å². The Balaban J connectivity index is 1.25. The van der Waals surface area contributed by atoms with Crippen LogP contribution < -0.4 is 4.90 Å². The number of nitrogens with zero attached hydrogens (tertiary/aromatic N) is 1. The van der Waals surface area contributed by atoms with Crippen LogP contribution in [0, 0.1) is 0 Å². The highest BCUT2D eigenvalue weighted by atomic mass is 15.1. The van der Waals surface area contributed by atoms with Crippen LogP contribution in [0.4, 0.5) is 17.1 Å². The molecular weight excluding hydrogens is 506 g/mol. The fraction of sp³-hybridized carbons (Fsp3) is 0.0732. The third-order valence-electron chi connectivity index (χ3n) is 9.02. The molecule has 0 heterocycles.